The molecule has 2 rings (SSSR count). The van der Waals surface area contributed by atoms with E-state index < -0.39 is 0 Å². The van der Waals surface area contributed by atoms with E-state index in [1.54, 1.807) is 23.5 Å². The van der Waals surface area contributed by atoms with Crippen LogP contribution in [0.25, 0.3) is 0 Å². The van der Waals surface area contributed by atoms with Crippen molar-refractivity contribution in [2.75, 3.05) is 13.2 Å². The lowest BCUT2D eigenvalue weighted by atomic mass is 10.2. The van der Waals surface area contributed by atoms with Crippen molar-refractivity contribution in [1.29, 1.82) is 5.26 Å². The van der Waals surface area contributed by atoms with E-state index in [0.717, 1.165) is 23.0 Å². The average molecular weight is 287 g/mol. The number of nitrogens with zero attached hydrogens (tertiary/aromatic N) is 2. The average Bonchev–Trinajstić information content (AvgIpc) is 2.90. The molecule has 1 atom stereocenters. The molecule has 0 spiro atoms. The summed E-state index contributed by atoms with van der Waals surface area (Å²) in [6, 6.07) is 9.50. The van der Waals surface area contributed by atoms with Gasteiger partial charge in [-0.1, -0.05) is 6.07 Å². The topological polar surface area (TPSA) is 57.9 Å². The smallest absolute Gasteiger partial charge is 0.120 e. The normalized spacial score (nSPS) is 11.8. The van der Waals surface area contributed by atoms with Gasteiger partial charge in [-0.2, -0.15) is 5.26 Å². The summed E-state index contributed by atoms with van der Waals surface area (Å²) in [5.41, 5.74) is 1.67. The molecule has 20 heavy (non-hydrogen) atoms. The molecule has 0 unspecified atom stereocenters. The van der Waals surface area contributed by atoms with Crippen molar-refractivity contribution in [2.45, 2.75) is 19.9 Å². The van der Waals surface area contributed by atoms with E-state index in [2.05, 4.69) is 28.7 Å². The number of nitriles is 1. The molecular weight excluding hydrogens is 270 g/mol. The van der Waals surface area contributed by atoms with Crippen LogP contribution < -0.4 is 10.1 Å². The van der Waals surface area contributed by atoms with Gasteiger partial charge in [0.25, 0.3) is 0 Å². The van der Waals surface area contributed by atoms with Crippen LogP contribution in [-0.2, 0) is 0 Å². The number of ether oxygens (including phenoxy) is 1. The Morgan fingerprint density at radius 3 is 3.05 bits per heavy atom. The quantitative estimate of drug-likeness (QED) is 0.830. The van der Waals surface area contributed by atoms with E-state index in [0.29, 0.717) is 12.2 Å². The molecule has 0 aliphatic heterocycles. The lowest BCUT2D eigenvalue weighted by Crippen LogP contribution is -2.24. The molecule has 2 aromatic rings. The van der Waals surface area contributed by atoms with Gasteiger partial charge in [0.15, 0.2) is 0 Å². The first-order valence-corrected chi connectivity index (χ1v) is 7.35. The Bertz CT molecular complexity index is 603. The molecule has 0 fully saturated rings. The molecule has 1 heterocycles. The second-order valence-electron chi connectivity index (χ2n) is 4.49. The Balaban J connectivity index is 1.75. The first-order valence-electron chi connectivity index (χ1n) is 6.47. The van der Waals surface area contributed by atoms with Gasteiger partial charge < -0.3 is 10.1 Å². The van der Waals surface area contributed by atoms with Crippen LogP contribution in [0.5, 0.6) is 5.75 Å². The third-order valence-corrected chi connectivity index (χ3v) is 3.94. The zero-order valence-corrected chi connectivity index (χ0v) is 12.4. The van der Waals surface area contributed by atoms with Gasteiger partial charge >= 0.3 is 0 Å². The van der Waals surface area contributed by atoms with Gasteiger partial charge in [0.1, 0.15) is 17.4 Å². The molecule has 1 aromatic carbocycles. The van der Waals surface area contributed by atoms with Crippen LogP contribution in [-0.4, -0.2) is 18.1 Å². The molecule has 1 N–H and O–H groups in total. The fraction of sp³-hybridized carbons (Fsp3) is 0.333. The Kier molecular flexibility index (Phi) is 5.10. The van der Waals surface area contributed by atoms with Gasteiger partial charge in [-0.3, -0.25) is 0 Å². The summed E-state index contributed by atoms with van der Waals surface area (Å²) in [5.74, 6) is 0.726. The third kappa shape index (κ3) is 4.05. The van der Waals surface area contributed by atoms with Gasteiger partial charge in [-0.15, -0.1) is 11.3 Å². The Morgan fingerprint density at radius 2 is 2.35 bits per heavy atom. The number of benzene rings is 1. The summed E-state index contributed by atoms with van der Waals surface area (Å²) in [4.78, 5) is 4.45. The van der Waals surface area contributed by atoms with Crippen LogP contribution in [0.1, 0.15) is 29.2 Å². The molecule has 4 nitrogen and oxygen atoms in total. The first kappa shape index (κ1) is 14.5. The van der Waals surface area contributed by atoms with E-state index in [9.17, 15) is 0 Å². The number of aryl methyl sites for hydroxylation is 1. The highest BCUT2D eigenvalue weighted by atomic mass is 32.1. The molecule has 104 valence electrons. The summed E-state index contributed by atoms with van der Waals surface area (Å²) in [7, 11) is 0. The minimum atomic E-state index is 0.225. The minimum absolute atomic E-state index is 0.225. The molecule has 0 amide bonds. The fourth-order valence-electron chi connectivity index (χ4n) is 1.76. The highest BCUT2D eigenvalue weighted by molar-refractivity contribution is 7.09. The molecule has 0 aliphatic carbocycles. The van der Waals surface area contributed by atoms with Crippen molar-refractivity contribution in [2.24, 2.45) is 0 Å². The number of thiazole rings is 1. The van der Waals surface area contributed by atoms with Gasteiger partial charge in [-0.25, -0.2) is 4.98 Å². The van der Waals surface area contributed by atoms with Gasteiger partial charge in [0, 0.05) is 17.6 Å². The molecule has 0 saturated heterocycles. The fourth-order valence-corrected chi connectivity index (χ4v) is 2.59. The molecule has 0 aliphatic rings. The number of nitrogens with one attached hydrogen (secondary N) is 1. The number of rotatable bonds is 6. The van der Waals surface area contributed by atoms with Crippen molar-refractivity contribution < 1.29 is 4.74 Å². The minimum Gasteiger partial charge on any atom is -0.492 e. The molecule has 5 heteroatoms. The van der Waals surface area contributed by atoms with Gasteiger partial charge in [-0.05, 0) is 32.0 Å². The Hall–Kier alpha value is -1.90. The standard InChI is InChI=1S/C15H17N3OS/c1-11-10-20-15(18-11)12(2)17-6-7-19-14-5-3-4-13(8-14)9-16/h3-5,8,10,12,17H,6-7H2,1-2H3/t12-/m0/s1. The van der Waals surface area contributed by atoms with Crippen LogP contribution in [0.3, 0.4) is 0 Å². The van der Waals surface area contributed by atoms with Crippen LogP contribution in [0, 0.1) is 18.3 Å². The van der Waals surface area contributed by atoms with E-state index in [1.807, 2.05) is 19.1 Å². The number of hydrogen-bond acceptors (Lipinski definition) is 5. The van der Waals surface area contributed by atoms with Crippen molar-refractivity contribution >= 4 is 11.3 Å². The summed E-state index contributed by atoms with van der Waals surface area (Å²) in [6.45, 7) is 5.38. The molecular formula is C15H17N3OS. The van der Waals surface area contributed by atoms with Crippen LogP contribution in [0.15, 0.2) is 29.6 Å². The van der Waals surface area contributed by atoms with E-state index in [-0.39, 0.29) is 6.04 Å². The second kappa shape index (κ2) is 7.04. The zero-order valence-electron chi connectivity index (χ0n) is 11.6. The lowest BCUT2D eigenvalue weighted by molar-refractivity contribution is 0.307. The molecule has 1 aromatic heterocycles. The summed E-state index contributed by atoms with van der Waals surface area (Å²) in [5, 5.41) is 15.3. The summed E-state index contributed by atoms with van der Waals surface area (Å²) >= 11 is 1.67. The van der Waals surface area contributed by atoms with Crippen molar-refractivity contribution in [1.82, 2.24) is 10.3 Å². The maximum atomic E-state index is 8.81. The van der Waals surface area contributed by atoms with Gasteiger partial charge in [0.2, 0.25) is 0 Å². The summed E-state index contributed by atoms with van der Waals surface area (Å²) in [6.07, 6.45) is 0. The number of aromatic nitrogens is 1. The maximum Gasteiger partial charge on any atom is 0.120 e. The third-order valence-electron chi connectivity index (χ3n) is 2.79. The summed E-state index contributed by atoms with van der Waals surface area (Å²) < 4.78 is 5.61. The molecule has 0 bridgehead atoms. The molecule has 0 saturated carbocycles. The van der Waals surface area contributed by atoms with E-state index >= 15 is 0 Å². The number of hydrogen-bond donors (Lipinski definition) is 1. The Labute approximate surface area is 123 Å². The van der Waals surface area contributed by atoms with Crippen molar-refractivity contribution in [3.63, 3.8) is 0 Å². The lowest BCUT2D eigenvalue weighted by Gasteiger charge is -2.12. The predicted octanol–water partition coefficient (Wildman–Crippen LogP) is 3.05. The van der Waals surface area contributed by atoms with Crippen molar-refractivity contribution in [3.05, 3.63) is 45.9 Å². The highest BCUT2D eigenvalue weighted by Crippen LogP contribution is 2.17. The molecule has 0 radical (unpaired) electrons. The SMILES string of the molecule is Cc1csc([C@H](C)NCCOc2cccc(C#N)c2)n1. The second-order valence-corrected chi connectivity index (χ2v) is 5.38. The first-order chi connectivity index (χ1) is 9.69. The van der Waals surface area contributed by atoms with Crippen LogP contribution >= 0.6 is 11.3 Å². The van der Waals surface area contributed by atoms with E-state index in [4.69, 9.17) is 10.00 Å². The van der Waals surface area contributed by atoms with E-state index in [1.165, 1.54) is 0 Å². The van der Waals surface area contributed by atoms with Crippen molar-refractivity contribution in [3.8, 4) is 11.8 Å². The van der Waals surface area contributed by atoms with Gasteiger partial charge in [0.05, 0.1) is 17.7 Å². The monoisotopic (exact) mass is 287 g/mol. The van der Waals surface area contributed by atoms with Crippen LogP contribution in [0.2, 0.25) is 0 Å². The van der Waals surface area contributed by atoms with Crippen LogP contribution in [0.4, 0.5) is 0 Å². The Morgan fingerprint density at radius 1 is 1.50 bits per heavy atom. The maximum absolute atomic E-state index is 8.81. The largest absolute Gasteiger partial charge is 0.492 e. The highest BCUT2D eigenvalue weighted by Gasteiger charge is 2.08. The predicted molar refractivity (Wildman–Crippen MR) is 79.9 cm³/mol. The zero-order chi connectivity index (χ0) is 14.4.